The van der Waals surface area contributed by atoms with Crippen molar-refractivity contribution in [1.29, 1.82) is 0 Å². The van der Waals surface area contributed by atoms with Crippen LogP contribution in [0.5, 0.6) is 5.75 Å². The molecule has 1 fully saturated rings. The average Bonchev–Trinajstić information content (AvgIpc) is 2.73. The van der Waals surface area contributed by atoms with Crippen molar-refractivity contribution in [3.05, 3.63) is 58.1 Å². The third-order valence-electron chi connectivity index (χ3n) is 5.23. The van der Waals surface area contributed by atoms with Crippen LogP contribution in [-0.4, -0.2) is 36.4 Å². The zero-order chi connectivity index (χ0) is 21.7. The van der Waals surface area contributed by atoms with E-state index in [4.69, 9.17) is 4.74 Å². The molecule has 30 heavy (non-hydrogen) atoms. The van der Waals surface area contributed by atoms with Crippen LogP contribution in [0.25, 0.3) is 0 Å². The minimum absolute atomic E-state index is 0.0386. The molecule has 5 nitrogen and oxygen atoms in total. The molecule has 160 valence electrons. The van der Waals surface area contributed by atoms with Crippen molar-refractivity contribution in [2.75, 3.05) is 25.0 Å². The summed E-state index contributed by atoms with van der Waals surface area (Å²) in [6.45, 7) is 8.35. The first-order valence-corrected chi connectivity index (χ1v) is 11.3. The number of carbonyl (C=O) groups excluding carboxylic acids is 2. The van der Waals surface area contributed by atoms with Gasteiger partial charge in [0.2, 0.25) is 0 Å². The number of nitrogens with one attached hydrogen (secondary N) is 1. The molecule has 2 aromatic carbocycles. The molecule has 1 saturated heterocycles. The van der Waals surface area contributed by atoms with Crippen molar-refractivity contribution in [2.45, 2.75) is 33.6 Å². The van der Waals surface area contributed by atoms with Crippen molar-refractivity contribution in [3.8, 4) is 5.75 Å². The van der Waals surface area contributed by atoms with Crippen LogP contribution in [0.15, 0.2) is 46.9 Å². The molecule has 0 unspecified atom stereocenters. The summed E-state index contributed by atoms with van der Waals surface area (Å²) in [5, 5.41) is 2.92. The second kappa shape index (κ2) is 10.1. The molecule has 0 spiro atoms. The Kier molecular flexibility index (Phi) is 7.53. The zero-order valence-electron chi connectivity index (χ0n) is 17.8. The summed E-state index contributed by atoms with van der Waals surface area (Å²) in [5.74, 6) is 1.17. The summed E-state index contributed by atoms with van der Waals surface area (Å²) in [5.41, 5.74) is 1.46. The highest BCUT2D eigenvalue weighted by Crippen LogP contribution is 2.27. The number of amides is 2. The van der Waals surface area contributed by atoms with E-state index in [2.05, 4.69) is 42.0 Å². The van der Waals surface area contributed by atoms with E-state index < -0.39 is 0 Å². The van der Waals surface area contributed by atoms with Crippen LogP contribution in [-0.2, 0) is 0 Å². The number of benzene rings is 2. The standard InChI is InChI=1S/C24H29BrN2O3/c1-16(2)15-30-22-9-8-18(25)14-20(22)23(28)26-21-7-5-4-6-19(21)24(29)27-12-10-17(3)11-13-27/h4-9,14,16-17H,10-13,15H2,1-3H3,(H,26,28). The van der Waals surface area contributed by atoms with Crippen molar-refractivity contribution >= 4 is 33.4 Å². The summed E-state index contributed by atoms with van der Waals surface area (Å²) in [4.78, 5) is 28.1. The number of para-hydroxylation sites is 1. The SMILES string of the molecule is CC(C)COc1ccc(Br)cc1C(=O)Nc1ccccc1C(=O)N1CCC(C)CC1. The van der Waals surface area contributed by atoms with E-state index >= 15 is 0 Å². The van der Waals surface area contributed by atoms with Gasteiger partial charge in [0, 0.05) is 17.6 Å². The van der Waals surface area contributed by atoms with Gasteiger partial charge < -0.3 is 15.0 Å². The second-order valence-electron chi connectivity index (χ2n) is 8.32. The first-order chi connectivity index (χ1) is 14.3. The minimum atomic E-state index is -0.303. The van der Waals surface area contributed by atoms with Gasteiger partial charge in [0.15, 0.2) is 0 Å². The maximum absolute atomic E-state index is 13.1. The number of hydrogen-bond acceptors (Lipinski definition) is 3. The molecule has 1 N–H and O–H groups in total. The Morgan fingerprint density at radius 3 is 2.53 bits per heavy atom. The quantitative estimate of drug-likeness (QED) is 0.594. The Hall–Kier alpha value is -2.34. The van der Waals surface area contributed by atoms with Crippen molar-refractivity contribution in [3.63, 3.8) is 0 Å². The number of ether oxygens (including phenoxy) is 1. The maximum Gasteiger partial charge on any atom is 0.259 e. The molecule has 1 aliphatic heterocycles. The van der Waals surface area contributed by atoms with Crippen LogP contribution in [0.4, 0.5) is 5.69 Å². The summed E-state index contributed by atoms with van der Waals surface area (Å²) in [6.07, 6.45) is 2.02. The molecule has 6 heteroatoms. The lowest BCUT2D eigenvalue weighted by atomic mass is 9.98. The van der Waals surface area contributed by atoms with Crippen molar-refractivity contribution < 1.29 is 14.3 Å². The summed E-state index contributed by atoms with van der Waals surface area (Å²) >= 11 is 3.43. The van der Waals surface area contributed by atoms with E-state index in [1.807, 2.05) is 23.1 Å². The molecule has 3 rings (SSSR count). The fourth-order valence-corrected chi connectivity index (χ4v) is 3.77. The predicted molar refractivity (Wildman–Crippen MR) is 123 cm³/mol. The number of nitrogens with zero attached hydrogens (tertiary/aromatic N) is 1. The molecular weight excluding hydrogens is 444 g/mol. The van der Waals surface area contributed by atoms with Crippen LogP contribution in [0.2, 0.25) is 0 Å². The Morgan fingerprint density at radius 1 is 1.13 bits per heavy atom. The van der Waals surface area contributed by atoms with Gasteiger partial charge in [-0.2, -0.15) is 0 Å². The monoisotopic (exact) mass is 472 g/mol. The molecular formula is C24H29BrN2O3. The lowest BCUT2D eigenvalue weighted by Gasteiger charge is -2.30. The number of piperidine rings is 1. The van der Waals surface area contributed by atoms with E-state index in [0.29, 0.717) is 41.0 Å². The molecule has 2 aromatic rings. The Morgan fingerprint density at radius 2 is 1.83 bits per heavy atom. The Labute approximate surface area is 186 Å². The fourth-order valence-electron chi connectivity index (χ4n) is 3.41. The largest absolute Gasteiger partial charge is 0.492 e. The van der Waals surface area contributed by atoms with Gasteiger partial charge in [-0.1, -0.05) is 48.8 Å². The molecule has 1 aliphatic rings. The van der Waals surface area contributed by atoms with Gasteiger partial charge in [-0.3, -0.25) is 9.59 Å². The van der Waals surface area contributed by atoms with Crippen molar-refractivity contribution in [1.82, 2.24) is 4.90 Å². The molecule has 1 heterocycles. The number of likely N-dealkylation sites (tertiary alicyclic amines) is 1. The topological polar surface area (TPSA) is 58.6 Å². The average molecular weight is 473 g/mol. The zero-order valence-corrected chi connectivity index (χ0v) is 19.4. The molecule has 0 aliphatic carbocycles. The normalized spacial score (nSPS) is 14.6. The van der Waals surface area contributed by atoms with E-state index in [1.165, 1.54) is 0 Å². The van der Waals surface area contributed by atoms with Gasteiger partial charge in [-0.25, -0.2) is 0 Å². The van der Waals surface area contributed by atoms with Crippen LogP contribution < -0.4 is 10.1 Å². The summed E-state index contributed by atoms with van der Waals surface area (Å²) < 4.78 is 6.63. The number of rotatable bonds is 6. The van der Waals surface area contributed by atoms with Crippen LogP contribution in [0, 0.1) is 11.8 Å². The number of carbonyl (C=O) groups is 2. The highest BCUT2D eigenvalue weighted by atomic mass is 79.9. The third kappa shape index (κ3) is 5.63. The van der Waals surface area contributed by atoms with Gasteiger partial charge in [0.25, 0.3) is 11.8 Å². The predicted octanol–water partition coefficient (Wildman–Crippen LogP) is 5.61. The third-order valence-corrected chi connectivity index (χ3v) is 5.73. The molecule has 0 radical (unpaired) electrons. The van der Waals surface area contributed by atoms with Crippen LogP contribution in [0.1, 0.15) is 54.3 Å². The first-order valence-electron chi connectivity index (χ1n) is 10.5. The molecule has 0 atom stereocenters. The molecule has 2 amide bonds. The second-order valence-corrected chi connectivity index (χ2v) is 9.24. The Balaban J connectivity index is 1.81. The Bertz CT molecular complexity index is 905. The van der Waals surface area contributed by atoms with Gasteiger partial charge in [-0.05, 0) is 55.0 Å². The molecule has 0 aromatic heterocycles. The molecule has 0 saturated carbocycles. The molecule has 0 bridgehead atoms. The highest BCUT2D eigenvalue weighted by molar-refractivity contribution is 9.10. The minimum Gasteiger partial charge on any atom is -0.492 e. The number of hydrogen-bond donors (Lipinski definition) is 1. The van der Waals surface area contributed by atoms with E-state index in [-0.39, 0.29) is 11.8 Å². The fraction of sp³-hybridized carbons (Fsp3) is 0.417. The van der Waals surface area contributed by atoms with Gasteiger partial charge in [0.05, 0.1) is 23.4 Å². The van der Waals surface area contributed by atoms with E-state index in [0.717, 1.165) is 30.4 Å². The smallest absolute Gasteiger partial charge is 0.259 e. The van der Waals surface area contributed by atoms with E-state index in [9.17, 15) is 9.59 Å². The van der Waals surface area contributed by atoms with Gasteiger partial charge in [-0.15, -0.1) is 0 Å². The van der Waals surface area contributed by atoms with Gasteiger partial charge in [0.1, 0.15) is 5.75 Å². The highest BCUT2D eigenvalue weighted by Gasteiger charge is 2.24. The first kappa shape index (κ1) is 22.3. The summed E-state index contributed by atoms with van der Waals surface area (Å²) in [7, 11) is 0. The number of halogens is 1. The van der Waals surface area contributed by atoms with Crippen molar-refractivity contribution in [2.24, 2.45) is 11.8 Å². The maximum atomic E-state index is 13.1. The lowest BCUT2D eigenvalue weighted by molar-refractivity contribution is 0.0698. The van der Waals surface area contributed by atoms with Gasteiger partial charge >= 0.3 is 0 Å². The van der Waals surface area contributed by atoms with Crippen LogP contribution in [0.3, 0.4) is 0 Å². The van der Waals surface area contributed by atoms with Crippen LogP contribution >= 0.6 is 15.9 Å². The number of anilines is 1. The van der Waals surface area contributed by atoms with E-state index in [1.54, 1.807) is 24.3 Å². The summed E-state index contributed by atoms with van der Waals surface area (Å²) in [6, 6.07) is 12.6. The lowest BCUT2D eigenvalue weighted by Crippen LogP contribution is -2.38.